The average molecular weight is 630 g/mol. The lowest BCUT2D eigenvalue weighted by Gasteiger charge is -2.28. The summed E-state index contributed by atoms with van der Waals surface area (Å²) in [4.78, 5) is 24.6. The number of aliphatic hydroxyl groups excluding tert-OH is 1. The van der Waals surface area contributed by atoms with Crippen molar-refractivity contribution < 1.29 is 38.4 Å². The molecule has 1 heterocycles. The number of carbonyl (C=O) groups excluding carboxylic acids is 2. The molecule has 0 fully saturated rings. The largest absolute Gasteiger partial charge is 0.493 e. The number of nitriles is 1. The second-order valence-corrected chi connectivity index (χ2v) is 9.88. The summed E-state index contributed by atoms with van der Waals surface area (Å²) in [6.45, 7) is 3.78. The number of nitrogens with one attached hydrogen (secondary N) is 3. The third-order valence-corrected chi connectivity index (χ3v) is 6.82. The van der Waals surface area contributed by atoms with Gasteiger partial charge in [0.2, 0.25) is 0 Å². The predicted molar refractivity (Wildman–Crippen MR) is 167 cm³/mol. The van der Waals surface area contributed by atoms with Crippen molar-refractivity contribution in [2.45, 2.75) is 32.7 Å². The number of hydrogen-bond donors (Lipinski definition) is 4. The molecule has 0 aliphatic carbocycles. The van der Waals surface area contributed by atoms with E-state index in [1.807, 2.05) is 12.1 Å². The third kappa shape index (κ3) is 8.25. The third-order valence-electron chi connectivity index (χ3n) is 6.82. The Labute approximate surface area is 266 Å². The maximum atomic E-state index is 12.4. The summed E-state index contributed by atoms with van der Waals surface area (Å²) in [6.07, 6.45) is 0.332. The van der Waals surface area contributed by atoms with Gasteiger partial charge in [-0.05, 0) is 61.4 Å². The van der Waals surface area contributed by atoms with Crippen LogP contribution in [-0.4, -0.2) is 57.0 Å². The second-order valence-electron chi connectivity index (χ2n) is 9.88. The minimum Gasteiger partial charge on any atom is -0.493 e. The Bertz CT molecular complexity index is 1670. The Morgan fingerprint density at radius 1 is 1.07 bits per heavy atom. The van der Waals surface area contributed by atoms with Crippen molar-refractivity contribution in [3.8, 4) is 29.1 Å². The molecule has 4 rings (SSSR count). The molecule has 46 heavy (non-hydrogen) atoms. The highest BCUT2D eigenvalue weighted by atomic mass is 16.5. The SMILES string of the molecule is CCOc1cc([C@H]2NC(=O)NC(C)=C2C(=O)OC)ccc1OC[C@H](O)N/N=C\c1ccc(OCc2ccccc2C#N)c(OC)c1. The summed E-state index contributed by atoms with van der Waals surface area (Å²) in [5.41, 5.74) is 5.81. The zero-order valence-corrected chi connectivity index (χ0v) is 25.8. The fourth-order valence-electron chi connectivity index (χ4n) is 4.61. The molecule has 3 aromatic rings. The first-order valence-corrected chi connectivity index (χ1v) is 14.3. The van der Waals surface area contributed by atoms with Crippen LogP contribution in [0.1, 0.15) is 42.1 Å². The van der Waals surface area contributed by atoms with Crippen LogP contribution in [0.5, 0.6) is 23.0 Å². The maximum Gasteiger partial charge on any atom is 0.337 e. The monoisotopic (exact) mass is 629 g/mol. The van der Waals surface area contributed by atoms with Gasteiger partial charge in [0.05, 0.1) is 50.3 Å². The first-order chi connectivity index (χ1) is 22.3. The van der Waals surface area contributed by atoms with Crippen LogP contribution >= 0.6 is 0 Å². The van der Waals surface area contributed by atoms with Crippen LogP contribution in [0.25, 0.3) is 0 Å². The Balaban J connectivity index is 1.37. The maximum absolute atomic E-state index is 12.4. The van der Waals surface area contributed by atoms with Crippen molar-refractivity contribution in [2.75, 3.05) is 27.4 Å². The first kappa shape index (κ1) is 33.2. The standard InChI is InChI=1S/C33H35N5O8/c1-5-44-28-15-22(31-30(32(40)43-4)20(2)36-33(41)37-31)11-13-26(28)46-19-29(39)38-35-17-21-10-12-25(27(14-21)42-3)45-18-24-9-7-6-8-23(24)16-34/h6-15,17,29,31,38-39H,5,18-19H2,1-4H3,(H2,36,37,41)/b35-17-/t29-,31+/m0/s1. The highest BCUT2D eigenvalue weighted by Crippen LogP contribution is 2.35. The van der Waals surface area contributed by atoms with E-state index in [1.54, 1.807) is 62.4 Å². The Morgan fingerprint density at radius 2 is 1.83 bits per heavy atom. The summed E-state index contributed by atoms with van der Waals surface area (Å²) in [5, 5.41) is 29.1. The van der Waals surface area contributed by atoms with E-state index in [9.17, 15) is 20.0 Å². The van der Waals surface area contributed by atoms with Crippen molar-refractivity contribution in [1.29, 1.82) is 5.26 Å². The molecular formula is C33H35N5O8. The molecule has 13 heteroatoms. The number of hydrogen-bond acceptors (Lipinski definition) is 11. The summed E-state index contributed by atoms with van der Waals surface area (Å²) in [6, 6.07) is 18.3. The van der Waals surface area contributed by atoms with Crippen molar-refractivity contribution in [3.05, 3.63) is 94.2 Å². The smallest absolute Gasteiger partial charge is 0.337 e. The number of carbonyl (C=O) groups is 2. The van der Waals surface area contributed by atoms with Gasteiger partial charge in [-0.2, -0.15) is 10.4 Å². The van der Waals surface area contributed by atoms with Gasteiger partial charge in [0.25, 0.3) is 0 Å². The molecule has 0 radical (unpaired) electrons. The fraction of sp³-hybridized carbons (Fsp3) is 0.273. The van der Waals surface area contributed by atoms with Crippen molar-refractivity contribution >= 4 is 18.2 Å². The first-order valence-electron chi connectivity index (χ1n) is 14.3. The highest BCUT2D eigenvalue weighted by Gasteiger charge is 2.32. The Hall–Kier alpha value is -5.74. The van der Waals surface area contributed by atoms with Gasteiger partial charge in [-0.15, -0.1) is 0 Å². The molecule has 0 spiro atoms. The number of hydrazone groups is 1. The molecule has 3 aromatic carbocycles. The highest BCUT2D eigenvalue weighted by molar-refractivity contribution is 5.95. The molecule has 2 amide bonds. The van der Waals surface area contributed by atoms with E-state index in [-0.39, 0.29) is 18.8 Å². The van der Waals surface area contributed by atoms with Gasteiger partial charge in [-0.25, -0.2) is 9.59 Å². The fourth-order valence-corrected chi connectivity index (χ4v) is 4.61. The molecule has 13 nitrogen and oxygen atoms in total. The number of urea groups is 1. The molecule has 0 saturated carbocycles. The summed E-state index contributed by atoms with van der Waals surface area (Å²) in [5.74, 6) is 1.09. The number of aliphatic hydroxyl groups is 1. The molecule has 0 bridgehead atoms. The number of benzene rings is 3. The molecule has 2 atom stereocenters. The van der Waals surface area contributed by atoms with Crippen LogP contribution in [0.4, 0.5) is 4.79 Å². The number of amides is 2. The number of rotatable bonds is 14. The number of methoxy groups -OCH3 is 2. The molecule has 0 aromatic heterocycles. The van der Waals surface area contributed by atoms with Gasteiger partial charge in [-0.1, -0.05) is 24.3 Å². The summed E-state index contributed by atoms with van der Waals surface area (Å²) < 4.78 is 27.8. The summed E-state index contributed by atoms with van der Waals surface area (Å²) in [7, 11) is 2.79. The summed E-state index contributed by atoms with van der Waals surface area (Å²) >= 11 is 0. The average Bonchev–Trinajstić information content (AvgIpc) is 3.06. The van der Waals surface area contributed by atoms with Crippen molar-refractivity contribution in [1.82, 2.24) is 16.1 Å². The quantitative estimate of drug-likeness (QED) is 0.0892. The van der Waals surface area contributed by atoms with E-state index in [2.05, 4.69) is 27.2 Å². The van der Waals surface area contributed by atoms with E-state index in [0.29, 0.717) is 52.0 Å². The Kier molecular flexibility index (Phi) is 11.4. The zero-order chi connectivity index (χ0) is 33.1. The minimum atomic E-state index is -1.17. The van der Waals surface area contributed by atoms with Crippen LogP contribution in [0.15, 0.2) is 77.0 Å². The molecule has 4 N–H and O–H groups in total. The zero-order valence-electron chi connectivity index (χ0n) is 25.8. The van der Waals surface area contributed by atoms with E-state index in [1.165, 1.54) is 20.4 Å². The van der Waals surface area contributed by atoms with Crippen molar-refractivity contribution in [3.63, 3.8) is 0 Å². The van der Waals surface area contributed by atoms with Crippen LogP contribution in [0.3, 0.4) is 0 Å². The second kappa shape index (κ2) is 15.8. The number of nitrogens with zero attached hydrogens (tertiary/aromatic N) is 2. The molecular weight excluding hydrogens is 594 g/mol. The molecule has 1 aliphatic heterocycles. The molecule has 1 aliphatic rings. The predicted octanol–water partition coefficient (Wildman–Crippen LogP) is 3.67. The van der Waals surface area contributed by atoms with E-state index in [4.69, 9.17) is 23.7 Å². The van der Waals surface area contributed by atoms with Gasteiger partial charge in [0.1, 0.15) is 13.2 Å². The lowest BCUT2D eigenvalue weighted by Crippen LogP contribution is -2.45. The van der Waals surface area contributed by atoms with E-state index in [0.717, 1.165) is 5.56 Å². The molecule has 0 unspecified atom stereocenters. The molecule has 0 saturated heterocycles. The van der Waals surface area contributed by atoms with E-state index >= 15 is 0 Å². The lowest BCUT2D eigenvalue weighted by molar-refractivity contribution is -0.136. The Morgan fingerprint density at radius 3 is 2.57 bits per heavy atom. The van der Waals surface area contributed by atoms with Crippen LogP contribution in [0.2, 0.25) is 0 Å². The number of allylic oxidation sites excluding steroid dienone is 1. The topological polar surface area (TPSA) is 173 Å². The van der Waals surface area contributed by atoms with Gasteiger partial charge in [-0.3, -0.25) is 5.43 Å². The normalized spacial score (nSPS) is 14.9. The van der Waals surface area contributed by atoms with Crippen molar-refractivity contribution in [2.24, 2.45) is 5.10 Å². The number of esters is 1. The van der Waals surface area contributed by atoms with Crippen LogP contribution in [0, 0.1) is 11.3 Å². The van der Waals surface area contributed by atoms with E-state index < -0.39 is 24.3 Å². The van der Waals surface area contributed by atoms with Gasteiger partial charge >= 0.3 is 12.0 Å². The van der Waals surface area contributed by atoms with Gasteiger partial charge < -0.3 is 39.4 Å². The van der Waals surface area contributed by atoms with Gasteiger partial charge in [0, 0.05) is 11.3 Å². The number of ether oxygens (including phenoxy) is 5. The van der Waals surface area contributed by atoms with Gasteiger partial charge in [0.15, 0.2) is 29.2 Å². The molecule has 240 valence electrons. The lowest BCUT2D eigenvalue weighted by atomic mass is 9.95. The van der Waals surface area contributed by atoms with Crippen LogP contribution < -0.4 is 35.0 Å². The minimum absolute atomic E-state index is 0.173. The van der Waals surface area contributed by atoms with Crippen LogP contribution in [-0.2, 0) is 16.1 Å².